The molecule has 4 heteroatoms. The van der Waals surface area contributed by atoms with Crippen LogP contribution in [0, 0.1) is 0 Å². The summed E-state index contributed by atoms with van der Waals surface area (Å²) in [5, 5.41) is 3.40. The van der Waals surface area contributed by atoms with Gasteiger partial charge in [0.15, 0.2) is 0 Å². The summed E-state index contributed by atoms with van der Waals surface area (Å²) < 4.78 is 16.5. The molecule has 0 aromatic rings. The highest BCUT2D eigenvalue weighted by molar-refractivity contribution is 5.12. The minimum absolute atomic E-state index is 0.127. The van der Waals surface area contributed by atoms with Gasteiger partial charge in [-0.05, 0) is 6.92 Å². The molecule has 2 heterocycles. The summed E-state index contributed by atoms with van der Waals surface area (Å²) in [5.41, 5.74) is -0.256. The van der Waals surface area contributed by atoms with Crippen molar-refractivity contribution in [3.63, 3.8) is 0 Å². The number of fused-ring (bicyclic) bond motifs is 2. The van der Waals surface area contributed by atoms with E-state index in [1.165, 1.54) is 0 Å². The summed E-state index contributed by atoms with van der Waals surface area (Å²) in [5.74, 6) is 0. The summed E-state index contributed by atoms with van der Waals surface area (Å²) >= 11 is 0. The molecule has 1 unspecified atom stereocenters. The molecule has 4 atom stereocenters. The predicted molar refractivity (Wildman–Crippen MR) is 47.7 cm³/mol. The maximum atomic E-state index is 5.88. The minimum Gasteiger partial charge on any atom is -0.382 e. The molecule has 0 spiro atoms. The Balaban J connectivity index is 2.17. The predicted octanol–water partition coefficient (Wildman–Crippen LogP) is -0.223. The number of morpholine rings is 1. The zero-order valence-electron chi connectivity index (χ0n) is 8.37. The lowest BCUT2D eigenvalue weighted by atomic mass is 9.99. The molecule has 76 valence electrons. The van der Waals surface area contributed by atoms with E-state index >= 15 is 0 Å². The largest absolute Gasteiger partial charge is 0.382 e. The Hall–Kier alpha value is -0.160. The summed E-state index contributed by atoms with van der Waals surface area (Å²) in [7, 11) is 3.43. The van der Waals surface area contributed by atoms with Crippen LogP contribution >= 0.6 is 0 Å². The van der Waals surface area contributed by atoms with Crippen molar-refractivity contribution < 1.29 is 14.2 Å². The van der Waals surface area contributed by atoms with Crippen molar-refractivity contribution in [2.45, 2.75) is 30.8 Å². The third-order valence-electron chi connectivity index (χ3n) is 3.05. The molecule has 2 aliphatic heterocycles. The molecule has 13 heavy (non-hydrogen) atoms. The molecule has 2 saturated heterocycles. The van der Waals surface area contributed by atoms with E-state index in [4.69, 9.17) is 14.2 Å². The number of hydrogen-bond acceptors (Lipinski definition) is 4. The smallest absolute Gasteiger partial charge is 0.132 e. The highest BCUT2D eigenvalue weighted by Crippen LogP contribution is 2.37. The first-order valence-corrected chi connectivity index (χ1v) is 4.66. The molecule has 0 aromatic carbocycles. The highest BCUT2D eigenvalue weighted by atomic mass is 16.6. The van der Waals surface area contributed by atoms with Crippen molar-refractivity contribution in [3.05, 3.63) is 0 Å². The Bertz CT molecular complexity index is 199. The fourth-order valence-electron chi connectivity index (χ4n) is 2.56. The molecule has 0 radical (unpaired) electrons. The molecule has 2 rings (SSSR count). The third-order valence-corrected chi connectivity index (χ3v) is 3.05. The Labute approximate surface area is 78.5 Å². The van der Waals surface area contributed by atoms with Crippen LogP contribution in [0.5, 0.6) is 0 Å². The highest BCUT2D eigenvalue weighted by Gasteiger charge is 2.59. The summed E-state index contributed by atoms with van der Waals surface area (Å²) in [6.45, 7) is 3.49. The van der Waals surface area contributed by atoms with Crippen LogP contribution in [0.3, 0.4) is 0 Å². The van der Waals surface area contributed by atoms with Gasteiger partial charge in [0, 0.05) is 20.8 Å². The van der Waals surface area contributed by atoms with Crippen LogP contribution in [0.4, 0.5) is 0 Å². The van der Waals surface area contributed by atoms with E-state index in [-0.39, 0.29) is 17.8 Å². The maximum Gasteiger partial charge on any atom is 0.132 e. The van der Waals surface area contributed by atoms with Gasteiger partial charge in [0.2, 0.25) is 0 Å². The molecule has 2 bridgehead atoms. The number of hydrogen-bond donors (Lipinski definition) is 1. The molecule has 4 nitrogen and oxygen atoms in total. The average Bonchev–Trinajstić information content (AvgIpc) is 2.55. The van der Waals surface area contributed by atoms with Crippen LogP contribution in [0.15, 0.2) is 0 Å². The monoisotopic (exact) mass is 187 g/mol. The minimum atomic E-state index is -0.256. The van der Waals surface area contributed by atoms with Crippen molar-refractivity contribution in [2.75, 3.05) is 27.4 Å². The Morgan fingerprint density at radius 2 is 2.31 bits per heavy atom. The SMILES string of the molecule is COC[C@@]12CNC([C@H](C)O1)[C@@H]2OC. The average molecular weight is 187 g/mol. The molecule has 0 aliphatic carbocycles. The quantitative estimate of drug-likeness (QED) is 0.663. The van der Waals surface area contributed by atoms with Gasteiger partial charge in [0.1, 0.15) is 11.7 Å². The second kappa shape index (κ2) is 3.20. The van der Waals surface area contributed by atoms with Gasteiger partial charge in [-0.3, -0.25) is 0 Å². The standard InChI is InChI=1S/C9H17NO3/c1-6-7-8(12-3)9(13-6,4-10-7)5-11-2/h6-8,10H,4-5H2,1-3H3/t6-,7?,8-,9+/m0/s1. The van der Waals surface area contributed by atoms with Crippen molar-refractivity contribution in [1.82, 2.24) is 5.32 Å². The lowest BCUT2D eigenvalue weighted by Crippen LogP contribution is -2.47. The fraction of sp³-hybridized carbons (Fsp3) is 1.00. The van der Waals surface area contributed by atoms with Crippen LogP contribution < -0.4 is 5.32 Å². The Kier molecular flexibility index (Phi) is 2.32. The van der Waals surface area contributed by atoms with Crippen LogP contribution in [0.2, 0.25) is 0 Å². The molecule has 0 amide bonds. The van der Waals surface area contributed by atoms with Gasteiger partial charge >= 0.3 is 0 Å². The van der Waals surface area contributed by atoms with E-state index < -0.39 is 0 Å². The lowest BCUT2D eigenvalue weighted by Gasteiger charge is -2.30. The molecule has 2 aliphatic rings. The molecular weight excluding hydrogens is 170 g/mol. The summed E-state index contributed by atoms with van der Waals surface area (Å²) in [6.07, 6.45) is 0.344. The first-order chi connectivity index (χ1) is 6.23. The number of methoxy groups -OCH3 is 2. The van der Waals surface area contributed by atoms with Gasteiger partial charge in [-0.25, -0.2) is 0 Å². The van der Waals surface area contributed by atoms with E-state index in [0.29, 0.717) is 12.6 Å². The Morgan fingerprint density at radius 3 is 2.85 bits per heavy atom. The summed E-state index contributed by atoms with van der Waals surface area (Å²) in [6, 6.07) is 0.320. The van der Waals surface area contributed by atoms with Gasteiger partial charge in [0.05, 0.1) is 18.8 Å². The van der Waals surface area contributed by atoms with Crippen LogP contribution in [-0.2, 0) is 14.2 Å². The lowest BCUT2D eigenvalue weighted by molar-refractivity contribution is -0.118. The van der Waals surface area contributed by atoms with Crippen LogP contribution in [-0.4, -0.2) is 51.2 Å². The fourth-order valence-corrected chi connectivity index (χ4v) is 2.56. The number of rotatable bonds is 3. The first-order valence-electron chi connectivity index (χ1n) is 4.66. The van der Waals surface area contributed by atoms with Crippen molar-refractivity contribution in [1.29, 1.82) is 0 Å². The number of ether oxygens (including phenoxy) is 3. The van der Waals surface area contributed by atoms with E-state index in [0.717, 1.165) is 6.54 Å². The van der Waals surface area contributed by atoms with E-state index in [9.17, 15) is 0 Å². The van der Waals surface area contributed by atoms with Gasteiger partial charge in [-0.2, -0.15) is 0 Å². The van der Waals surface area contributed by atoms with Crippen molar-refractivity contribution in [2.24, 2.45) is 0 Å². The van der Waals surface area contributed by atoms with Gasteiger partial charge < -0.3 is 19.5 Å². The van der Waals surface area contributed by atoms with Crippen LogP contribution in [0.25, 0.3) is 0 Å². The zero-order chi connectivity index (χ0) is 9.47. The second-order valence-electron chi connectivity index (χ2n) is 3.88. The van der Waals surface area contributed by atoms with Crippen molar-refractivity contribution >= 4 is 0 Å². The topological polar surface area (TPSA) is 39.7 Å². The van der Waals surface area contributed by atoms with Crippen LogP contribution in [0.1, 0.15) is 6.92 Å². The summed E-state index contributed by atoms with van der Waals surface area (Å²) in [4.78, 5) is 0. The van der Waals surface area contributed by atoms with Crippen molar-refractivity contribution in [3.8, 4) is 0 Å². The first kappa shape index (κ1) is 9.40. The molecular formula is C9H17NO3. The number of nitrogens with one attached hydrogen (secondary N) is 1. The van der Waals surface area contributed by atoms with E-state index in [2.05, 4.69) is 12.2 Å². The normalized spacial score (nSPS) is 48.7. The third kappa shape index (κ3) is 1.21. The maximum absolute atomic E-state index is 5.88. The Morgan fingerprint density at radius 1 is 1.54 bits per heavy atom. The van der Waals surface area contributed by atoms with Gasteiger partial charge in [-0.15, -0.1) is 0 Å². The van der Waals surface area contributed by atoms with Gasteiger partial charge in [0.25, 0.3) is 0 Å². The molecule has 0 aromatic heterocycles. The zero-order valence-corrected chi connectivity index (χ0v) is 8.37. The molecule has 1 N–H and O–H groups in total. The second-order valence-corrected chi connectivity index (χ2v) is 3.88. The molecule has 0 saturated carbocycles. The van der Waals surface area contributed by atoms with E-state index in [1.807, 2.05) is 0 Å². The van der Waals surface area contributed by atoms with Gasteiger partial charge in [-0.1, -0.05) is 0 Å². The van der Waals surface area contributed by atoms with E-state index in [1.54, 1.807) is 14.2 Å². The molecule has 2 fully saturated rings.